The molecule has 4 heteroatoms. The highest BCUT2D eigenvalue weighted by Gasteiger charge is 2.02. The largest absolute Gasteiger partial charge is 0.452 e. The third-order valence-electron chi connectivity index (χ3n) is 2.19. The molecule has 0 atom stereocenters. The van der Waals surface area contributed by atoms with E-state index in [1.807, 2.05) is 24.3 Å². The Morgan fingerprint density at radius 1 is 1.25 bits per heavy atom. The fourth-order valence-corrected chi connectivity index (χ4v) is 2.33. The van der Waals surface area contributed by atoms with Crippen molar-refractivity contribution >= 4 is 33.4 Å². The summed E-state index contributed by atoms with van der Waals surface area (Å²) in [4.78, 5) is 1.24. The van der Waals surface area contributed by atoms with Crippen LogP contribution < -0.4 is 5.32 Å². The standard InChI is InChI=1S/C12H12BrNOS/c1-16-11-5-3-2-4-10(11)14-8-9-6-7-12(13)15-9/h2-7,14H,8H2,1H3. The van der Waals surface area contributed by atoms with Crippen LogP contribution in [0.3, 0.4) is 0 Å². The van der Waals surface area contributed by atoms with Crippen molar-refractivity contribution in [2.24, 2.45) is 0 Å². The first-order chi connectivity index (χ1) is 7.79. The zero-order valence-electron chi connectivity index (χ0n) is 8.87. The number of rotatable bonds is 4. The molecule has 0 aliphatic heterocycles. The summed E-state index contributed by atoms with van der Waals surface area (Å²) in [6.45, 7) is 0.698. The van der Waals surface area contributed by atoms with E-state index in [0.717, 1.165) is 16.1 Å². The molecular formula is C12H12BrNOS. The SMILES string of the molecule is CSc1ccccc1NCc1ccc(Br)o1. The third-order valence-corrected chi connectivity index (χ3v) is 3.41. The van der Waals surface area contributed by atoms with Crippen LogP contribution >= 0.6 is 27.7 Å². The molecule has 84 valence electrons. The van der Waals surface area contributed by atoms with Gasteiger partial charge in [0.15, 0.2) is 4.67 Å². The minimum atomic E-state index is 0.698. The number of thioether (sulfide) groups is 1. The van der Waals surface area contributed by atoms with E-state index in [1.165, 1.54) is 4.90 Å². The predicted molar refractivity (Wildman–Crippen MR) is 72.0 cm³/mol. The van der Waals surface area contributed by atoms with Gasteiger partial charge in [0.25, 0.3) is 0 Å². The van der Waals surface area contributed by atoms with Gasteiger partial charge < -0.3 is 9.73 Å². The second-order valence-electron chi connectivity index (χ2n) is 3.26. The molecule has 0 amide bonds. The highest BCUT2D eigenvalue weighted by Crippen LogP contribution is 2.25. The number of anilines is 1. The topological polar surface area (TPSA) is 25.2 Å². The molecule has 1 aromatic heterocycles. The van der Waals surface area contributed by atoms with Crippen LogP contribution in [0.15, 0.2) is 50.4 Å². The molecule has 2 aromatic rings. The monoisotopic (exact) mass is 297 g/mol. The number of para-hydroxylation sites is 1. The van der Waals surface area contributed by atoms with Crippen molar-refractivity contribution in [2.75, 3.05) is 11.6 Å². The summed E-state index contributed by atoms with van der Waals surface area (Å²) >= 11 is 5.02. The maximum absolute atomic E-state index is 5.43. The summed E-state index contributed by atoms with van der Waals surface area (Å²) in [5, 5.41) is 3.36. The molecule has 0 bridgehead atoms. The van der Waals surface area contributed by atoms with Crippen LogP contribution in [0.5, 0.6) is 0 Å². The smallest absolute Gasteiger partial charge is 0.169 e. The van der Waals surface area contributed by atoms with Crippen molar-refractivity contribution in [3.63, 3.8) is 0 Å². The summed E-state index contributed by atoms with van der Waals surface area (Å²) < 4.78 is 6.19. The Bertz CT molecular complexity index is 470. The molecule has 0 radical (unpaired) electrons. The van der Waals surface area contributed by atoms with Crippen LogP contribution in [0.25, 0.3) is 0 Å². The molecular weight excluding hydrogens is 286 g/mol. The molecule has 1 N–H and O–H groups in total. The van der Waals surface area contributed by atoms with E-state index >= 15 is 0 Å². The van der Waals surface area contributed by atoms with Gasteiger partial charge >= 0.3 is 0 Å². The predicted octanol–water partition coefficient (Wildman–Crippen LogP) is 4.38. The summed E-state index contributed by atoms with van der Waals surface area (Å²) in [6.07, 6.45) is 2.07. The summed E-state index contributed by atoms with van der Waals surface area (Å²) in [5.41, 5.74) is 1.14. The number of furan rings is 1. The lowest BCUT2D eigenvalue weighted by molar-refractivity contribution is 0.495. The van der Waals surface area contributed by atoms with E-state index < -0.39 is 0 Å². The zero-order valence-corrected chi connectivity index (χ0v) is 11.3. The van der Waals surface area contributed by atoms with Crippen LogP contribution in [-0.2, 0) is 6.54 Å². The zero-order chi connectivity index (χ0) is 11.4. The first-order valence-electron chi connectivity index (χ1n) is 4.90. The molecule has 0 saturated carbocycles. The van der Waals surface area contributed by atoms with Crippen molar-refractivity contribution in [3.8, 4) is 0 Å². The van der Waals surface area contributed by atoms with Crippen LogP contribution in [0.1, 0.15) is 5.76 Å². The lowest BCUT2D eigenvalue weighted by Gasteiger charge is -2.08. The van der Waals surface area contributed by atoms with Crippen molar-refractivity contribution in [1.82, 2.24) is 0 Å². The molecule has 2 rings (SSSR count). The van der Waals surface area contributed by atoms with Gasteiger partial charge in [-0.3, -0.25) is 0 Å². The van der Waals surface area contributed by atoms with Gasteiger partial charge in [-0.1, -0.05) is 12.1 Å². The Balaban J connectivity index is 2.04. The Labute approximate surface area is 108 Å². The number of halogens is 1. The highest BCUT2D eigenvalue weighted by atomic mass is 79.9. The van der Waals surface area contributed by atoms with E-state index in [1.54, 1.807) is 11.8 Å². The third kappa shape index (κ3) is 2.83. The molecule has 1 aromatic carbocycles. The van der Waals surface area contributed by atoms with E-state index in [0.29, 0.717) is 6.54 Å². The van der Waals surface area contributed by atoms with E-state index in [4.69, 9.17) is 4.42 Å². The average Bonchev–Trinajstić information content (AvgIpc) is 2.73. The van der Waals surface area contributed by atoms with Gasteiger partial charge in [-0.25, -0.2) is 0 Å². The Kier molecular flexibility index (Phi) is 3.96. The van der Waals surface area contributed by atoms with Crippen molar-refractivity contribution in [3.05, 3.63) is 46.8 Å². The van der Waals surface area contributed by atoms with Gasteiger partial charge in [-0.05, 0) is 46.5 Å². The lowest BCUT2D eigenvalue weighted by atomic mass is 10.3. The highest BCUT2D eigenvalue weighted by molar-refractivity contribution is 9.10. The molecule has 0 unspecified atom stereocenters. The van der Waals surface area contributed by atoms with Crippen LogP contribution in [-0.4, -0.2) is 6.26 Å². The minimum absolute atomic E-state index is 0.698. The first kappa shape index (κ1) is 11.6. The molecule has 0 aliphatic rings. The maximum atomic E-state index is 5.43. The Morgan fingerprint density at radius 2 is 2.06 bits per heavy atom. The number of hydrogen-bond acceptors (Lipinski definition) is 3. The molecule has 0 saturated heterocycles. The van der Waals surface area contributed by atoms with Crippen molar-refractivity contribution in [1.29, 1.82) is 0 Å². The molecule has 0 fully saturated rings. The molecule has 0 aliphatic carbocycles. The average molecular weight is 298 g/mol. The van der Waals surface area contributed by atoms with Crippen LogP contribution in [0, 0.1) is 0 Å². The fraction of sp³-hybridized carbons (Fsp3) is 0.167. The molecule has 1 heterocycles. The van der Waals surface area contributed by atoms with E-state index in [9.17, 15) is 0 Å². The number of benzene rings is 1. The minimum Gasteiger partial charge on any atom is -0.452 e. The van der Waals surface area contributed by atoms with Crippen molar-refractivity contribution < 1.29 is 4.42 Å². The second-order valence-corrected chi connectivity index (χ2v) is 4.89. The number of hydrogen-bond donors (Lipinski definition) is 1. The van der Waals surface area contributed by atoms with Gasteiger partial charge in [0.05, 0.1) is 6.54 Å². The fourth-order valence-electron chi connectivity index (χ4n) is 1.42. The molecule has 0 spiro atoms. The molecule has 16 heavy (non-hydrogen) atoms. The Hall–Kier alpha value is -0.870. The Morgan fingerprint density at radius 3 is 2.75 bits per heavy atom. The van der Waals surface area contributed by atoms with E-state index in [2.05, 4.69) is 39.6 Å². The van der Waals surface area contributed by atoms with Gasteiger partial charge in [-0.2, -0.15) is 0 Å². The lowest BCUT2D eigenvalue weighted by Crippen LogP contribution is -1.98. The number of nitrogens with one attached hydrogen (secondary N) is 1. The van der Waals surface area contributed by atoms with E-state index in [-0.39, 0.29) is 0 Å². The summed E-state index contributed by atoms with van der Waals surface area (Å²) in [6, 6.07) is 12.1. The summed E-state index contributed by atoms with van der Waals surface area (Å²) in [5.74, 6) is 0.919. The van der Waals surface area contributed by atoms with Gasteiger partial charge in [-0.15, -0.1) is 11.8 Å². The van der Waals surface area contributed by atoms with Crippen LogP contribution in [0.2, 0.25) is 0 Å². The van der Waals surface area contributed by atoms with Crippen molar-refractivity contribution in [2.45, 2.75) is 11.4 Å². The summed E-state index contributed by atoms with van der Waals surface area (Å²) in [7, 11) is 0. The van der Waals surface area contributed by atoms with Gasteiger partial charge in [0.2, 0.25) is 0 Å². The maximum Gasteiger partial charge on any atom is 0.169 e. The second kappa shape index (κ2) is 5.46. The van der Waals surface area contributed by atoms with Gasteiger partial charge in [0.1, 0.15) is 5.76 Å². The first-order valence-corrected chi connectivity index (χ1v) is 6.92. The molecule has 2 nitrogen and oxygen atoms in total. The quantitative estimate of drug-likeness (QED) is 0.848. The van der Waals surface area contributed by atoms with Crippen LogP contribution in [0.4, 0.5) is 5.69 Å². The van der Waals surface area contributed by atoms with Gasteiger partial charge in [0, 0.05) is 10.6 Å². The normalized spacial score (nSPS) is 10.4.